The number of hydrogen-bond acceptors (Lipinski definition) is 6. The van der Waals surface area contributed by atoms with Gasteiger partial charge in [0.15, 0.2) is 5.65 Å². The van der Waals surface area contributed by atoms with Crippen molar-refractivity contribution in [2.45, 2.75) is 77.5 Å². The van der Waals surface area contributed by atoms with E-state index >= 15 is 0 Å². The van der Waals surface area contributed by atoms with E-state index in [1.807, 2.05) is 44.2 Å². The Morgan fingerprint density at radius 2 is 1.77 bits per heavy atom. The summed E-state index contributed by atoms with van der Waals surface area (Å²) in [4.78, 5) is 22.8. The average Bonchev–Trinajstić information content (AvgIpc) is 3.47. The lowest BCUT2D eigenvalue weighted by Crippen LogP contribution is -2.39. The number of carbonyl (C=O) groups excluding carboxylic acids is 1. The van der Waals surface area contributed by atoms with Crippen LogP contribution in [0.1, 0.15) is 67.6 Å². The maximum atomic E-state index is 13.2. The number of carbonyl (C=O) groups is 1. The molecule has 4 aromatic rings. The molecule has 2 N–H and O–H groups in total. The van der Waals surface area contributed by atoms with Gasteiger partial charge in [0.2, 0.25) is 0 Å². The van der Waals surface area contributed by atoms with Gasteiger partial charge in [-0.3, -0.25) is 0 Å². The van der Waals surface area contributed by atoms with Crippen molar-refractivity contribution in [3.63, 3.8) is 0 Å². The topological polar surface area (TPSA) is 106 Å². The van der Waals surface area contributed by atoms with Gasteiger partial charge in [-0.1, -0.05) is 57.9 Å². The first-order chi connectivity index (χ1) is 18.7. The zero-order valence-corrected chi connectivity index (χ0v) is 24.9. The van der Waals surface area contributed by atoms with E-state index in [-0.39, 0.29) is 4.21 Å². The zero-order chi connectivity index (χ0) is 28.2. The van der Waals surface area contributed by atoms with E-state index < -0.39 is 16.1 Å². The molecule has 4 rings (SSSR count). The monoisotopic (exact) mass is 567 g/mol. The fourth-order valence-electron chi connectivity index (χ4n) is 4.63. The molecule has 8 nitrogen and oxygen atoms in total. The van der Waals surface area contributed by atoms with Crippen LogP contribution in [0, 0.1) is 13.8 Å². The highest BCUT2D eigenvalue weighted by Crippen LogP contribution is 2.36. The number of fused-ring (bicyclic) bond motifs is 1. The van der Waals surface area contributed by atoms with Crippen LogP contribution in [0.3, 0.4) is 0 Å². The van der Waals surface area contributed by atoms with E-state index in [2.05, 4.69) is 41.4 Å². The van der Waals surface area contributed by atoms with Crippen LogP contribution in [0.25, 0.3) is 22.3 Å². The molecule has 3 aromatic heterocycles. The number of thiophene rings is 1. The van der Waals surface area contributed by atoms with Crippen LogP contribution in [0.15, 0.2) is 40.6 Å². The first-order valence-electron chi connectivity index (χ1n) is 13.5. The molecule has 10 heteroatoms. The lowest BCUT2D eigenvalue weighted by atomic mass is 10.1. The molecule has 0 aliphatic rings. The Bertz CT molecular complexity index is 1570. The Morgan fingerprint density at radius 1 is 1.03 bits per heavy atom. The highest BCUT2D eigenvalue weighted by Gasteiger charge is 2.25. The summed E-state index contributed by atoms with van der Waals surface area (Å²) in [5, 5.41) is 2.62. The Hall–Kier alpha value is -3.24. The summed E-state index contributed by atoms with van der Waals surface area (Å²) in [5.74, 6) is 0.981. The molecule has 0 bridgehead atoms. The third kappa shape index (κ3) is 6.50. The minimum absolute atomic E-state index is 0.161. The van der Waals surface area contributed by atoms with Gasteiger partial charge in [0.1, 0.15) is 15.6 Å². The fourth-order valence-corrected chi connectivity index (χ4v) is 7.40. The average molecular weight is 568 g/mol. The number of pyridine rings is 1. The van der Waals surface area contributed by atoms with Crippen LogP contribution >= 0.6 is 11.3 Å². The molecular formula is C29H37N5O3S2. The number of nitrogens with zero attached hydrogens (tertiary/aromatic N) is 3. The fraction of sp³-hybridized carbons (Fsp3) is 0.414. The molecule has 0 spiro atoms. The standard InChI is InChI=1S/C29H37N5O3S2/c1-6-9-15-30-29(35)33-39(36,37)28-24(17-23(38-28)10-7-2)22-13-11-21(12-14-22)18-34-25(8-3)32-26-19(4)16-20(5)31-27(26)34/h11-14,16-17H,6-10,15,18H2,1-5H3,(H2,30,33,35). The number of benzene rings is 1. The van der Waals surface area contributed by atoms with Gasteiger partial charge >= 0.3 is 6.03 Å². The quantitative estimate of drug-likeness (QED) is 0.212. The van der Waals surface area contributed by atoms with Crippen molar-refractivity contribution in [1.29, 1.82) is 0 Å². The van der Waals surface area contributed by atoms with E-state index in [1.165, 1.54) is 11.3 Å². The van der Waals surface area contributed by atoms with Gasteiger partial charge in [0, 0.05) is 29.1 Å². The maximum absolute atomic E-state index is 13.2. The van der Waals surface area contributed by atoms with Crippen molar-refractivity contribution in [2.75, 3.05) is 6.54 Å². The van der Waals surface area contributed by atoms with E-state index in [4.69, 9.17) is 9.97 Å². The number of urea groups is 1. The van der Waals surface area contributed by atoms with Gasteiger partial charge < -0.3 is 9.88 Å². The number of imidazole rings is 1. The largest absolute Gasteiger partial charge is 0.337 e. The summed E-state index contributed by atoms with van der Waals surface area (Å²) >= 11 is 1.22. The molecule has 0 saturated carbocycles. The van der Waals surface area contributed by atoms with Crippen LogP contribution < -0.4 is 10.0 Å². The van der Waals surface area contributed by atoms with Crippen molar-refractivity contribution < 1.29 is 13.2 Å². The normalized spacial score (nSPS) is 11.7. The number of unbranched alkanes of at least 4 members (excludes halogenated alkanes) is 1. The van der Waals surface area contributed by atoms with Crippen LogP contribution in [-0.4, -0.2) is 35.5 Å². The minimum atomic E-state index is -4.03. The summed E-state index contributed by atoms with van der Waals surface area (Å²) in [6.07, 6.45) is 4.16. The number of amides is 2. The predicted octanol–water partition coefficient (Wildman–Crippen LogP) is 6.13. The van der Waals surface area contributed by atoms with Gasteiger partial charge in [0.05, 0.1) is 6.54 Å². The molecule has 2 amide bonds. The molecule has 0 fully saturated rings. The zero-order valence-electron chi connectivity index (χ0n) is 23.3. The molecular weight excluding hydrogens is 530 g/mol. The third-order valence-corrected chi connectivity index (χ3v) is 9.62. The SMILES string of the molecule is CCCCNC(=O)NS(=O)(=O)c1sc(CCC)cc1-c1ccc(Cn2c(CC)nc3c(C)cc(C)nc32)cc1. The second kappa shape index (κ2) is 12.3. The molecule has 0 aliphatic heterocycles. The van der Waals surface area contributed by atoms with Crippen molar-refractivity contribution in [3.8, 4) is 11.1 Å². The van der Waals surface area contributed by atoms with E-state index in [1.54, 1.807) is 0 Å². The number of aromatic nitrogens is 3. The molecule has 1 aromatic carbocycles. The summed E-state index contributed by atoms with van der Waals surface area (Å²) in [6.45, 7) is 11.3. The Morgan fingerprint density at radius 3 is 2.44 bits per heavy atom. The molecule has 0 unspecified atom stereocenters. The Kier molecular flexibility index (Phi) is 9.07. The van der Waals surface area contributed by atoms with Gasteiger partial charge in [-0.05, 0) is 55.5 Å². The van der Waals surface area contributed by atoms with Gasteiger partial charge in [0.25, 0.3) is 10.0 Å². The van der Waals surface area contributed by atoms with Crippen LogP contribution in [0.4, 0.5) is 4.79 Å². The maximum Gasteiger partial charge on any atom is 0.328 e. The minimum Gasteiger partial charge on any atom is -0.337 e. The van der Waals surface area contributed by atoms with Crippen molar-refractivity contribution >= 4 is 38.6 Å². The molecule has 39 heavy (non-hydrogen) atoms. The highest BCUT2D eigenvalue weighted by atomic mass is 32.2. The summed E-state index contributed by atoms with van der Waals surface area (Å²) < 4.78 is 31.0. The second-order valence-electron chi connectivity index (χ2n) is 9.80. The number of rotatable bonds is 11. The molecule has 0 atom stereocenters. The van der Waals surface area contributed by atoms with Crippen LogP contribution in [0.5, 0.6) is 0 Å². The second-order valence-corrected chi connectivity index (χ2v) is 12.8. The number of hydrogen-bond donors (Lipinski definition) is 2. The van der Waals surface area contributed by atoms with Crippen molar-refractivity contribution in [2.24, 2.45) is 0 Å². The smallest absolute Gasteiger partial charge is 0.328 e. The predicted molar refractivity (Wildman–Crippen MR) is 158 cm³/mol. The Balaban J connectivity index is 1.64. The Labute approximate surface area is 234 Å². The number of sulfonamides is 1. The highest BCUT2D eigenvalue weighted by molar-refractivity contribution is 7.92. The van der Waals surface area contributed by atoms with Gasteiger partial charge in [-0.2, -0.15) is 0 Å². The van der Waals surface area contributed by atoms with Crippen LogP contribution in [-0.2, 0) is 29.4 Å². The number of nitrogens with one attached hydrogen (secondary N) is 2. The lowest BCUT2D eigenvalue weighted by Gasteiger charge is -2.11. The molecule has 0 radical (unpaired) electrons. The van der Waals surface area contributed by atoms with E-state index in [0.29, 0.717) is 18.7 Å². The summed E-state index contributed by atoms with van der Waals surface area (Å²) in [6, 6.07) is 11.2. The molecule has 0 saturated heterocycles. The molecule has 208 valence electrons. The van der Waals surface area contributed by atoms with Crippen molar-refractivity contribution in [1.82, 2.24) is 24.6 Å². The van der Waals surface area contributed by atoms with E-state index in [9.17, 15) is 13.2 Å². The summed E-state index contributed by atoms with van der Waals surface area (Å²) in [7, 11) is -4.03. The summed E-state index contributed by atoms with van der Waals surface area (Å²) in [5.41, 5.74) is 6.35. The van der Waals surface area contributed by atoms with Gasteiger partial charge in [-0.25, -0.2) is 27.9 Å². The van der Waals surface area contributed by atoms with Gasteiger partial charge in [-0.15, -0.1) is 11.3 Å². The molecule has 3 heterocycles. The first-order valence-corrected chi connectivity index (χ1v) is 15.8. The van der Waals surface area contributed by atoms with E-state index in [0.717, 1.165) is 76.4 Å². The molecule has 0 aliphatic carbocycles. The number of aryl methyl sites for hydroxylation is 4. The van der Waals surface area contributed by atoms with Crippen molar-refractivity contribution in [3.05, 3.63) is 63.9 Å². The van der Waals surface area contributed by atoms with Crippen LogP contribution in [0.2, 0.25) is 0 Å². The lowest BCUT2D eigenvalue weighted by molar-refractivity contribution is 0.245. The first kappa shape index (κ1) is 28.8. The third-order valence-electron chi connectivity index (χ3n) is 6.56.